The summed E-state index contributed by atoms with van der Waals surface area (Å²) in [5.41, 5.74) is 1.61. The van der Waals surface area contributed by atoms with Gasteiger partial charge in [-0.2, -0.15) is 4.99 Å². The number of guanidine groups is 1. The molecular weight excluding hydrogens is 342 g/mol. The second kappa shape index (κ2) is 7.27. The molecule has 25 heavy (non-hydrogen) atoms. The van der Waals surface area contributed by atoms with Gasteiger partial charge in [0.2, 0.25) is 11.9 Å². The highest BCUT2D eigenvalue weighted by Gasteiger charge is 2.32. The van der Waals surface area contributed by atoms with Crippen LogP contribution < -0.4 is 5.32 Å². The van der Waals surface area contributed by atoms with Crippen molar-refractivity contribution in [1.82, 2.24) is 10.2 Å². The van der Waals surface area contributed by atoms with E-state index in [-0.39, 0.29) is 19.1 Å². The van der Waals surface area contributed by atoms with Crippen LogP contribution >= 0.6 is 11.3 Å². The highest BCUT2D eigenvalue weighted by Crippen LogP contribution is 2.17. The van der Waals surface area contributed by atoms with Gasteiger partial charge in [-0.25, -0.2) is 9.69 Å². The van der Waals surface area contributed by atoms with Crippen molar-refractivity contribution in [3.05, 3.63) is 57.8 Å². The smallest absolute Gasteiger partial charge is 0.417 e. The quantitative estimate of drug-likeness (QED) is 0.913. The molecule has 1 fully saturated rings. The van der Waals surface area contributed by atoms with Crippen LogP contribution in [0.2, 0.25) is 0 Å². The number of rotatable bonds is 3. The normalized spacial score (nSPS) is 15.3. The first-order chi connectivity index (χ1) is 12.0. The molecule has 1 aliphatic rings. The summed E-state index contributed by atoms with van der Waals surface area (Å²) in [6, 6.07) is 11.0. The van der Waals surface area contributed by atoms with Crippen molar-refractivity contribution in [2.24, 2.45) is 4.99 Å². The SMILES string of the molecule is Cc1ccsc1C(=O)N=C1NC(=O)CN1C(=O)OCc1ccccc1. The van der Waals surface area contributed by atoms with Crippen molar-refractivity contribution in [3.63, 3.8) is 0 Å². The lowest BCUT2D eigenvalue weighted by atomic mass is 10.2. The van der Waals surface area contributed by atoms with Gasteiger partial charge in [0, 0.05) is 0 Å². The lowest BCUT2D eigenvalue weighted by Gasteiger charge is -2.14. The van der Waals surface area contributed by atoms with E-state index in [2.05, 4.69) is 10.3 Å². The van der Waals surface area contributed by atoms with Gasteiger partial charge >= 0.3 is 6.09 Å². The number of carbonyl (C=O) groups is 3. The molecule has 0 aliphatic carbocycles. The monoisotopic (exact) mass is 357 g/mol. The third-order valence-corrected chi connectivity index (χ3v) is 4.50. The number of aryl methyl sites for hydroxylation is 1. The molecule has 0 atom stereocenters. The summed E-state index contributed by atoms with van der Waals surface area (Å²) in [5.74, 6) is -1.04. The number of nitrogens with zero attached hydrogens (tertiary/aromatic N) is 2. The summed E-state index contributed by atoms with van der Waals surface area (Å²) in [6.07, 6.45) is -0.739. The molecule has 8 heteroatoms. The van der Waals surface area contributed by atoms with Crippen molar-refractivity contribution in [2.75, 3.05) is 6.54 Å². The summed E-state index contributed by atoms with van der Waals surface area (Å²) in [6.45, 7) is 1.63. The molecule has 3 amide bonds. The van der Waals surface area contributed by atoms with Crippen molar-refractivity contribution < 1.29 is 19.1 Å². The van der Waals surface area contributed by atoms with Crippen LogP contribution in [0.4, 0.5) is 4.79 Å². The van der Waals surface area contributed by atoms with Crippen LogP contribution in [0, 0.1) is 6.92 Å². The zero-order valence-electron chi connectivity index (χ0n) is 13.4. The molecule has 0 radical (unpaired) electrons. The Morgan fingerprint density at radius 2 is 2.04 bits per heavy atom. The number of aliphatic imine (C=N–C) groups is 1. The minimum atomic E-state index is -0.739. The van der Waals surface area contributed by atoms with Crippen molar-refractivity contribution >= 4 is 35.2 Å². The maximum absolute atomic E-state index is 12.2. The third-order valence-electron chi connectivity index (χ3n) is 3.50. The van der Waals surface area contributed by atoms with Gasteiger partial charge in [-0.1, -0.05) is 30.3 Å². The summed E-state index contributed by atoms with van der Waals surface area (Å²) < 4.78 is 5.19. The first-order valence-corrected chi connectivity index (χ1v) is 8.38. The molecule has 0 spiro atoms. The Morgan fingerprint density at radius 1 is 1.28 bits per heavy atom. The van der Waals surface area contributed by atoms with Gasteiger partial charge in [0.05, 0.1) is 4.88 Å². The predicted molar refractivity (Wildman–Crippen MR) is 92.3 cm³/mol. The van der Waals surface area contributed by atoms with E-state index in [4.69, 9.17) is 4.74 Å². The van der Waals surface area contributed by atoms with Crippen LogP contribution in [0.5, 0.6) is 0 Å². The number of thiophene rings is 1. The standard InChI is InChI=1S/C17H15N3O4S/c1-11-7-8-25-14(11)15(22)19-16-18-13(21)9-20(16)17(23)24-10-12-5-3-2-4-6-12/h2-8H,9-10H2,1H3,(H,18,19,21,22). The fourth-order valence-corrected chi connectivity index (χ4v) is 3.03. The zero-order chi connectivity index (χ0) is 17.8. The Hall–Kier alpha value is -3.00. The topological polar surface area (TPSA) is 88.1 Å². The fraction of sp³-hybridized carbons (Fsp3) is 0.176. The number of benzene rings is 1. The van der Waals surface area contributed by atoms with E-state index in [1.165, 1.54) is 11.3 Å². The van der Waals surface area contributed by atoms with Crippen molar-refractivity contribution in [1.29, 1.82) is 0 Å². The molecule has 3 rings (SSSR count). The number of amides is 3. The average Bonchev–Trinajstić information content (AvgIpc) is 3.19. The molecule has 1 saturated heterocycles. The van der Waals surface area contributed by atoms with Gasteiger partial charge in [-0.3, -0.25) is 14.9 Å². The first kappa shape index (κ1) is 16.8. The molecule has 0 bridgehead atoms. The Balaban J connectivity index is 1.71. The van der Waals surface area contributed by atoms with Crippen LogP contribution in [-0.2, 0) is 16.1 Å². The van der Waals surface area contributed by atoms with Gasteiger partial charge in [0.1, 0.15) is 13.2 Å². The summed E-state index contributed by atoms with van der Waals surface area (Å²) in [5, 5.41) is 4.19. The summed E-state index contributed by atoms with van der Waals surface area (Å²) in [4.78, 5) is 41.4. The van der Waals surface area contributed by atoms with E-state index in [0.29, 0.717) is 4.88 Å². The molecular formula is C17H15N3O4S. The summed E-state index contributed by atoms with van der Waals surface area (Å²) >= 11 is 1.25. The van der Waals surface area contributed by atoms with Gasteiger partial charge < -0.3 is 4.74 Å². The third kappa shape index (κ3) is 3.92. The van der Waals surface area contributed by atoms with Crippen LogP contribution in [-0.4, -0.2) is 35.3 Å². The minimum absolute atomic E-state index is 0.0651. The summed E-state index contributed by atoms with van der Waals surface area (Å²) in [7, 11) is 0. The zero-order valence-corrected chi connectivity index (χ0v) is 14.2. The van der Waals surface area contributed by atoms with Gasteiger partial charge in [-0.15, -0.1) is 11.3 Å². The lowest BCUT2D eigenvalue weighted by molar-refractivity contribution is -0.118. The molecule has 1 N–H and O–H groups in total. The second-order valence-corrected chi connectivity index (χ2v) is 6.26. The molecule has 0 saturated carbocycles. The van der Waals surface area contributed by atoms with E-state index in [1.54, 1.807) is 18.4 Å². The maximum Gasteiger partial charge on any atom is 0.417 e. The van der Waals surface area contributed by atoms with E-state index in [0.717, 1.165) is 16.0 Å². The Morgan fingerprint density at radius 3 is 2.72 bits per heavy atom. The predicted octanol–water partition coefficient (Wildman–Crippen LogP) is 2.32. The molecule has 1 aromatic carbocycles. The number of hydrogen-bond acceptors (Lipinski definition) is 5. The Bertz CT molecular complexity index is 845. The van der Waals surface area contributed by atoms with Crippen LogP contribution in [0.15, 0.2) is 46.8 Å². The van der Waals surface area contributed by atoms with Crippen LogP contribution in [0.1, 0.15) is 20.8 Å². The van der Waals surface area contributed by atoms with Gasteiger partial charge in [0.15, 0.2) is 0 Å². The second-order valence-electron chi connectivity index (χ2n) is 5.35. The van der Waals surface area contributed by atoms with Gasteiger partial charge in [0.25, 0.3) is 5.91 Å². The molecule has 1 aliphatic heterocycles. The molecule has 2 aromatic rings. The first-order valence-electron chi connectivity index (χ1n) is 7.50. The maximum atomic E-state index is 12.2. The molecule has 7 nitrogen and oxygen atoms in total. The lowest BCUT2D eigenvalue weighted by Crippen LogP contribution is -2.36. The largest absolute Gasteiger partial charge is 0.444 e. The average molecular weight is 357 g/mol. The highest BCUT2D eigenvalue weighted by atomic mass is 32.1. The van der Waals surface area contributed by atoms with E-state index >= 15 is 0 Å². The molecule has 2 heterocycles. The van der Waals surface area contributed by atoms with E-state index < -0.39 is 17.9 Å². The van der Waals surface area contributed by atoms with Crippen LogP contribution in [0.25, 0.3) is 0 Å². The number of ether oxygens (including phenoxy) is 1. The highest BCUT2D eigenvalue weighted by molar-refractivity contribution is 7.12. The minimum Gasteiger partial charge on any atom is -0.444 e. The van der Waals surface area contributed by atoms with Crippen molar-refractivity contribution in [2.45, 2.75) is 13.5 Å². The number of nitrogens with one attached hydrogen (secondary N) is 1. The fourth-order valence-electron chi connectivity index (χ4n) is 2.23. The van der Waals surface area contributed by atoms with Gasteiger partial charge in [-0.05, 0) is 29.5 Å². The Kier molecular flexibility index (Phi) is 4.90. The Labute approximate surface area is 147 Å². The van der Waals surface area contributed by atoms with E-state index in [1.807, 2.05) is 30.3 Å². The number of hydrogen-bond donors (Lipinski definition) is 1. The molecule has 1 aromatic heterocycles. The molecule has 128 valence electrons. The van der Waals surface area contributed by atoms with E-state index in [9.17, 15) is 14.4 Å². The van der Waals surface area contributed by atoms with Crippen molar-refractivity contribution in [3.8, 4) is 0 Å². The molecule has 0 unspecified atom stereocenters. The van der Waals surface area contributed by atoms with Crippen LogP contribution in [0.3, 0.4) is 0 Å². The number of carbonyl (C=O) groups excluding carboxylic acids is 3.